The molecule has 0 spiro atoms. The Balaban J connectivity index is 1.61. The fourth-order valence-electron chi connectivity index (χ4n) is 3.32. The predicted molar refractivity (Wildman–Crippen MR) is 117 cm³/mol. The molecular formula is C23H23N3O2S. The number of hydrogen-bond acceptors (Lipinski definition) is 4. The Kier molecular flexibility index (Phi) is 5.36. The van der Waals surface area contributed by atoms with Gasteiger partial charge in [-0.05, 0) is 43.7 Å². The molecule has 0 aliphatic heterocycles. The van der Waals surface area contributed by atoms with Gasteiger partial charge in [-0.2, -0.15) is 0 Å². The number of carbonyl (C=O) groups is 1. The first-order valence-corrected chi connectivity index (χ1v) is 10.4. The molecule has 0 bridgehead atoms. The second kappa shape index (κ2) is 8.09. The number of rotatable bonds is 6. The van der Waals surface area contributed by atoms with Gasteiger partial charge in [-0.25, -0.2) is 4.98 Å². The van der Waals surface area contributed by atoms with Crippen LogP contribution in [0.1, 0.15) is 27.9 Å². The monoisotopic (exact) mass is 405 g/mol. The summed E-state index contributed by atoms with van der Waals surface area (Å²) in [6, 6.07) is 17.9. The number of benzene rings is 2. The van der Waals surface area contributed by atoms with Crippen LogP contribution in [0.2, 0.25) is 0 Å². The Hall–Kier alpha value is -3.12. The van der Waals surface area contributed by atoms with E-state index in [-0.39, 0.29) is 5.91 Å². The molecular weight excluding hydrogens is 382 g/mol. The molecule has 4 aromatic rings. The van der Waals surface area contributed by atoms with E-state index in [1.807, 2.05) is 83.9 Å². The van der Waals surface area contributed by atoms with Crippen LogP contribution in [0.4, 0.5) is 0 Å². The number of ether oxygens (including phenoxy) is 1. The van der Waals surface area contributed by atoms with E-state index in [1.165, 1.54) is 11.3 Å². The van der Waals surface area contributed by atoms with Crippen molar-refractivity contribution in [1.29, 1.82) is 0 Å². The number of aromatic nitrogens is 2. The van der Waals surface area contributed by atoms with Gasteiger partial charge < -0.3 is 9.64 Å². The molecule has 2 heterocycles. The van der Waals surface area contributed by atoms with Crippen LogP contribution >= 0.6 is 11.3 Å². The highest BCUT2D eigenvalue weighted by atomic mass is 32.1. The molecule has 148 valence electrons. The van der Waals surface area contributed by atoms with Gasteiger partial charge in [-0.15, -0.1) is 0 Å². The zero-order chi connectivity index (χ0) is 20.4. The lowest BCUT2D eigenvalue weighted by atomic mass is 10.2. The second-order valence-electron chi connectivity index (χ2n) is 6.83. The van der Waals surface area contributed by atoms with Crippen molar-refractivity contribution in [3.8, 4) is 17.0 Å². The van der Waals surface area contributed by atoms with Crippen LogP contribution in [-0.4, -0.2) is 33.8 Å². The number of aryl methyl sites for hydroxylation is 1. The van der Waals surface area contributed by atoms with Crippen molar-refractivity contribution in [3.05, 3.63) is 76.9 Å². The molecule has 2 aromatic carbocycles. The van der Waals surface area contributed by atoms with Gasteiger partial charge in [0, 0.05) is 30.5 Å². The third-order valence-corrected chi connectivity index (χ3v) is 6.17. The van der Waals surface area contributed by atoms with Crippen LogP contribution in [0.15, 0.2) is 60.8 Å². The highest BCUT2D eigenvalue weighted by Crippen LogP contribution is 2.29. The number of nitrogens with zero attached hydrogens (tertiary/aromatic N) is 3. The van der Waals surface area contributed by atoms with Crippen molar-refractivity contribution >= 4 is 22.2 Å². The SMILES string of the molecule is CCN(Cc1ccccc1)C(=O)c1sc2nc(-c3ccc(OC)cc3)cn2c1C. The lowest BCUT2D eigenvalue weighted by Crippen LogP contribution is -2.30. The number of carbonyl (C=O) groups excluding carboxylic acids is 1. The van der Waals surface area contributed by atoms with Crippen LogP contribution < -0.4 is 4.74 Å². The molecule has 4 rings (SSSR count). The number of thiazole rings is 1. The number of methoxy groups -OCH3 is 1. The first-order chi connectivity index (χ1) is 14.1. The fraction of sp³-hybridized carbons (Fsp3) is 0.217. The molecule has 0 N–H and O–H groups in total. The highest BCUT2D eigenvalue weighted by Gasteiger charge is 2.22. The van der Waals surface area contributed by atoms with E-state index >= 15 is 0 Å². The lowest BCUT2D eigenvalue weighted by Gasteiger charge is -2.20. The van der Waals surface area contributed by atoms with Crippen molar-refractivity contribution in [3.63, 3.8) is 0 Å². The first kappa shape index (κ1) is 19.2. The molecule has 0 radical (unpaired) electrons. The molecule has 0 unspecified atom stereocenters. The molecule has 6 heteroatoms. The second-order valence-corrected chi connectivity index (χ2v) is 7.81. The van der Waals surface area contributed by atoms with E-state index in [4.69, 9.17) is 9.72 Å². The molecule has 0 fully saturated rings. The summed E-state index contributed by atoms with van der Waals surface area (Å²) in [6.45, 7) is 5.25. The van der Waals surface area contributed by atoms with Gasteiger partial charge in [0.15, 0.2) is 4.96 Å². The summed E-state index contributed by atoms with van der Waals surface area (Å²) in [5, 5.41) is 0. The zero-order valence-corrected chi connectivity index (χ0v) is 17.6. The average molecular weight is 406 g/mol. The van der Waals surface area contributed by atoms with Gasteiger partial charge in [0.2, 0.25) is 0 Å². The van der Waals surface area contributed by atoms with E-state index in [1.54, 1.807) is 7.11 Å². The van der Waals surface area contributed by atoms with Crippen LogP contribution in [0, 0.1) is 6.92 Å². The van der Waals surface area contributed by atoms with Crippen LogP contribution in [-0.2, 0) is 6.54 Å². The van der Waals surface area contributed by atoms with Gasteiger partial charge in [0.25, 0.3) is 5.91 Å². The van der Waals surface area contributed by atoms with Crippen LogP contribution in [0.3, 0.4) is 0 Å². The van der Waals surface area contributed by atoms with Crippen molar-refractivity contribution < 1.29 is 9.53 Å². The van der Waals surface area contributed by atoms with Gasteiger partial charge in [0.05, 0.1) is 12.8 Å². The zero-order valence-electron chi connectivity index (χ0n) is 16.8. The van der Waals surface area contributed by atoms with Gasteiger partial charge in [0.1, 0.15) is 10.6 Å². The number of fused-ring (bicyclic) bond motifs is 1. The minimum atomic E-state index is 0.0513. The normalized spacial score (nSPS) is 11.0. The minimum Gasteiger partial charge on any atom is -0.497 e. The summed E-state index contributed by atoms with van der Waals surface area (Å²) in [4.78, 5) is 21.4. The summed E-state index contributed by atoms with van der Waals surface area (Å²) >= 11 is 1.45. The van der Waals surface area contributed by atoms with Crippen molar-refractivity contribution in [1.82, 2.24) is 14.3 Å². The molecule has 0 aliphatic carbocycles. The third kappa shape index (κ3) is 3.76. The van der Waals surface area contributed by atoms with Gasteiger partial charge >= 0.3 is 0 Å². The molecule has 0 aliphatic rings. The Morgan fingerprint density at radius 3 is 2.48 bits per heavy atom. The number of imidazole rings is 1. The molecule has 29 heavy (non-hydrogen) atoms. The van der Waals surface area contributed by atoms with Crippen molar-refractivity contribution in [2.75, 3.05) is 13.7 Å². The quantitative estimate of drug-likeness (QED) is 0.451. The van der Waals surface area contributed by atoms with Crippen LogP contribution in [0.5, 0.6) is 5.75 Å². The topological polar surface area (TPSA) is 46.8 Å². The molecule has 0 saturated carbocycles. The van der Waals surface area contributed by atoms with E-state index in [0.717, 1.165) is 38.1 Å². The number of hydrogen-bond donors (Lipinski definition) is 0. The van der Waals surface area contributed by atoms with E-state index in [2.05, 4.69) is 0 Å². The maximum atomic E-state index is 13.2. The van der Waals surface area contributed by atoms with Crippen LogP contribution in [0.25, 0.3) is 16.2 Å². The largest absolute Gasteiger partial charge is 0.497 e. The molecule has 1 amide bonds. The summed E-state index contributed by atoms with van der Waals surface area (Å²) in [7, 11) is 1.65. The molecule has 0 saturated heterocycles. The number of amides is 1. The summed E-state index contributed by atoms with van der Waals surface area (Å²) in [5.41, 5.74) is 3.96. The smallest absolute Gasteiger partial charge is 0.266 e. The lowest BCUT2D eigenvalue weighted by molar-refractivity contribution is 0.0756. The van der Waals surface area contributed by atoms with Gasteiger partial charge in [-0.3, -0.25) is 9.20 Å². The molecule has 5 nitrogen and oxygen atoms in total. The summed E-state index contributed by atoms with van der Waals surface area (Å²) in [6.07, 6.45) is 1.99. The van der Waals surface area contributed by atoms with Gasteiger partial charge in [-0.1, -0.05) is 41.7 Å². The Morgan fingerprint density at radius 2 is 1.86 bits per heavy atom. The third-order valence-electron chi connectivity index (χ3n) is 5.02. The Morgan fingerprint density at radius 1 is 1.14 bits per heavy atom. The molecule has 2 aromatic heterocycles. The maximum Gasteiger partial charge on any atom is 0.266 e. The maximum absolute atomic E-state index is 13.2. The first-order valence-electron chi connectivity index (χ1n) is 9.56. The highest BCUT2D eigenvalue weighted by molar-refractivity contribution is 7.19. The fourth-order valence-corrected chi connectivity index (χ4v) is 4.40. The Bertz CT molecular complexity index is 1130. The average Bonchev–Trinajstić information content (AvgIpc) is 3.32. The predicted octanol–water partition coefficient (Wildman–Crippen LogP) is 5.04. The standard InChI is InChI=1S/C23H23N3O2S/c1-4-25(14-17-8-6-5-7-9-17)22(27)21-16(2)26-15-20(24-23(26)29-21)18-10-12-19(28-3)13-11-18/h5-13,15H,4,14H2,1-3H3. The van der Waals surface area contributed by atoms with Crippen molar-refractivity contribution in [2.45, 2.75) is 20.4 Å². The summed E-state index contributed by atoms with van der Waals surface area (Å²) < 4.78 is 7.23. The molecule has 0 atom stereocenters. The van der Waals surface area contributed by atoms with Crippen molar-refractivity contribution in [2.24, 2.45) is 0 Å². The Labute approximate surface area is 174 Å². The summed E-state index contributed by atoms with van der Waals surface area (Å²) in [5.74, 6) is 0.868. The van der Waals surface area contributed by atoms with E-state index < -0.39 is 0 Å². The van der Waals surface area contributed by atoms with E-state index in [9.17, 15) is 4.79 Å². The van der Waals surface area contributed by atoms with E-state index in [0.29, 0.717) is 13.1 Å². The minimum absolute atomic E-state index is 0.0513.